The van der Waals surface area contributed by atoms with Gasteiger partial charge in [0.05, 0.1) is 0 Å². The van der Waals surface area contributed by atoms with Gasteiger partial charge in [0.25, 0.3) is 5.56 Å². The molecule has 0 spiro atoms. The van der Waals surface area contributed by atoms with E-state index in [1.54, 1.807) is 19.1 Å². The molecule has 124 valence electrons. The highest BCUT2D eigenvalue weighted by Crippen LogP contribution is 2.27. The molecule has 0 saturated carbocycles. The molecular weight excluding hydrogens is 313 g/mol. The molecule has 2 heterocycles. The van der Waals surface area contributed by atoms with E-state index in [9.17, 15) is 14.0 Å². The summed E-state index contributed by atoms with van der Waals surface area (Å²) < 4.78 is 16.1. The summed E-state index contributed by atoms with van der Waals surface area (Å²) in [6.07, 6.45) is 1.87. The van der Waals surface area contributed by atoms with E-state index in [1.165, 1.54) is 16.9 Å². The number of halogens is 1. The van der Waals surface area contributed by atoms with E-state index in [0.717, 1.165) is 10.3 Å². The monoisotopic (exact) mass is 329 g/mol. The summed E-state index contributed by atoms with van der Waals surface area (Å²) in [6, 6.07) is 6.45. The Morgan fingerprint density at radius 3 is 2.71 bits per heavy atom. The average Bonchev–Trinajstić information content (AvgIpc) is 2.92. The lowest BCUT2D eigenvalue weighted by Gasteiger charge is -2.06. The van der Waals surface area contributed by atoms with Crippen molar-refractivity contribution in [2.24, 2.45) is 0 Å². The zero-order valence-corrected chi connectivity index (χ0v) is 13.3. The molecule has 0 atom stereocenters. The number of hydrogen-bond acceptors (Lipinski definition) is 3. The van der Waals surface area contributed by atoms with Crippen molar-refractivity contribution in [3.05, 3.63) is 58.0 Å². The zero-order valence-electron chi connectivity index (χ0n) is 13.3. The maximum absolute atomic E-state index is 13.5. The van der Waals surface area contributed by atoms with Gasteiger partial charge < -0.3 is 5.11 Å². The lowest BCUT2D eigenvalue weighted by molar-refractivity contribution is -0.137. The molecule has 0 fully saturated rings. The highest BCUT2D eigenvalue weighted by Gasteiger charge is 2.17. The summed E-state index contributed by atoms with van der Waals surface area (Å²) in [5, 5.41) is 13.1. The third kappa shape index (κ3) is 2.58. The first kappa shape index (κ1) is 15.9. The Morgan fingerprint density at radius 2 is 2.08 bits per heavy atom. The molecule has 0 aliphatic carbocycles. The second kappa shape index (κ2) is 5.92. The fourth-order valence-corrected chi connectivity index (χ4v) is 2.74. The first-order valence-corrected chi connectivity index (χ1v) is 7.50. The third-order valence-electron chi connectivity index (χ3n) is 3.96. The van der Waals surface area contributed by atoms with Crippen molar-refractivity contribution in [3.63, 3.8) is 0 Å². The summed E-state index contributed by atoms with van der Waals surface area (Å²) in [6.45, 7) is 3.13. The second-order valence-corrected chi connectivity index (χ2v) is 5.59. The van der Waals surface area contributed by atoms with E-state index >= 15 is 0 Å². The molecule has 0 amide bonds. The minimum Gasteiger partial charge on any atom is -0.480 e. The predicted molar refractivity (Wildman–Crippen MR) is 86.6 cm³/mol. The van der Waals surface area contributed by atoms with E-state index in [4.69, 9.17) is 5.11 Å². The Morgan fingerprint density at radius 1 is 1.33 bits per heavy atom. The van der Waals surface area contributed by atoms with Crippen LogP contribution in [-0.4, -0.2) is 25.3 Å². The van der Waals surface area contributed by atoms with Crippen LogP contribution in [0.4, 0.5) is 4.39 Å². The van der Waals surface area contributed by atoms with Gasteiger partial charge in [-0.2, -0.15) is 5.10 Å². The van der Waals surface area contributed by atoms with Gasteiger partial charge in [-0.05, 0) is 42.7 Å². The number of fused-ring (bicyclic) bond motifs is 1. The summed E-state index contributed by atoms with van der Waals surface area (Å²) >= 11 is 0. The number of carboxylic acids is 1. The largest absolute Gasteiger partial charge is 0.480 e. The predicted octanol–water partition coefficient (Wildman–Crippen LogP) is 2.26. The minimum absolute atomic E-state index is 0.293. The molecule has 0 saturated heterocycles. The molecule has 1 aromatic carbocycles. The standard InChI is InChI=1S/C17H16FN3O3/c1-3-12-7-13(11-4-5-14(18)10(2)6-11)16-17(24)20(8-15(22)23)9-19-21(12)16/h4-7,9H,3,8H2,1-2H3,(H,22,23). The number of benzene rings is 1. The van der Waals surface area contributed by atoms with Crippen LogP contribution in [-0.2, 0) is 17.8 Å². The Hall–Kier alpha value is -2.96. The van der Waals surface area contributed by atoms with Gasteiger partial charge in [-0.25, -0.2) is 8.91 Å². The van der Waals surface area contributed by atoms with Crippen LogP contribution in [0.5, 0.6) is 0 Å². The molecule has 0 aliphatic rings. The van der Waals surface area contributed by atoms with Crippen LogP contribution < -0.4 is 5.56 Å². The maximum Gasteiger partial charge on any atom is 0.323 e. The second-order valence-electron chi connectivity index (χ2n) is 5.59. The molecule has 3 rings (SSSR count). The Bertz CT molecular complexity index is 1000. The van der Waals surface area contributed by atoms with Crippen LogP contribution in [0.3, 0.4) is 0 Å². The number of carboxylic acid groups (broad SMARTS) is 1. The molecule has 0 aliphatic heterocycles. The number of rotatable bonds is 4. The highest BCUT2D eigenvalue weighted by atomic mass is 19.1. The number of aliphatic carboxylic acids is 1. The summed E-state index contributed by atoms with van der Waals surface area (Å²) in [5.41, 5.74) is 2.46. The van der Waals surface area contributed by atoms with E-state index in [-0.39, 0.29) is 5.82 Å². The van der Waals surface area contributed by atoms with Crippen LogP contribution >= 0.6 is 0 Å². The first-order chi connectivity index (χ1) is 11.4. The van der Waals surface area contributed by atoms with Gasteiger partial charge in [-0.3, -0.25) is 14.2 Å². The van der Waals surface area contributed by atoms with E-state index < -0.39 is 18.1 Å². The minimum atomic E-state index is -1.12. The molecule has 0 unspecified atom stereocenters. The lowest BCUT2D eigenvalue weighted by Crippen LogP contribution is -2.26. The molecule has 24 heavy (non-hydrogen) atoms. The smallest absolute Gasteiger partial charge is 0.323 e. The SMILES string of the molecule is CCc1cc(-c2ccc(F)c(C)c2)c2c(=O)n(CC(=O)O)cnn12. The van der Waals surface area contributed by atoms with Crippen LogP contribution in [0.2, 0.25) is 0 Å². The molecular formula is C17H16FN3O3. The van der Waals surface area contributed by atoms with Gasteiger partial charge >= 0.3 is 5.97 Å². The van der Waals surface area contributed by atoms with Gasteiger partial charge in [0.2, 0.25) is 0 Å². The van der Waals surface area contributed by atoms with Crippen LogP contribution in [0.15, 0.2) is 35.4 Å². The zero-order chi connectivity index (χ0) is 17.4. The van der Waals surface area contributed by atoms with Crippen molar-refractivity contribution < 1.29 is 14.3 Å². The van der Waals surface area contributed by atoms with Crippen molar-refractivity contribution in [2.45, 2.75) is 26.8 Å². The lowest BCUT2D eigenvalue weighted by atomic mass is 10.0. The van der Waals surface area contributed by atoms with Gasteiger partial charge in [0.1, 0.15) is 24.2 Å². The number of aromatic nitrogens is 3. The molecule has 0 bridgehead atoms. The average molecular weight is 329 g/mol. The van der Waals surface area contributed by atoms with Crippen molar-refractivity contribution >= 4 is 11.5 Å². The number of hydrogen-bond donors (Lipinski definition) is 1. The fourth-order valence-electron chi connectivity index (χ4n) is 2.74. The number of carbonyl (C=O) groups is 1. The molecule has 1 N–H and O–H groups in total. The maximum atomic E-state index is 13.5. The van der Waals surface area contributed by atoms with Gasteiger partial charge in [0, 0.05) is 11.3 Å². The van der Waals surface area contributed by atoms with E-state index in [1.807, 2.05) is 13.0 Å². The molecule has 7 heteroatoms. The van der Waals surface area contributed by atoms with Crippen LogP contribution in [0.1, 0.15) is 18.2 Å². The van der Waals surface area contributed by atoms with Crippen LogP contribution in [0.25, 0.3) is 16.6 Å². The normalized spacial score (nSPS) is 11.1. The van der Waals surface area contributed by atoms with Gasteiger partial charge in [-0.15, -0.1) is 0 Å². The van der Waals surface area contributed by atoms with E-state index in [0.29, 0.717) is 28.6 Å². The Kier molecular flexibility index (Phi) is 3.92. The Balaban J connectivity index is 2.32. The van der Waals surface area contributed by atoms with Crippen molar-refractivity contribution in [1.82, 2.24) is 14.2 Å². The molecule has 2 aromatic heterocycles. The highest BCUT2D eigenvalue weighted by molar-refractivity contribution is 5.81. The number of aryl methyl sites for hydroxylation is 2. The molecule has 3 aromatic rings. The molecule has 0 radical (unpaired) electrons. The Labute approximate surface area is 136 Å². The van der Waals surface area contributed by atoms with Crippen molar-refractivity contribution in [1.29, 1.82) is 0 Å². The van der Waals surface area contributed by atoms with Gasteiger partial charge in [0.15, 0.2) is 0 Å². The summed E-state index contributed by atoms with van der Waals surface area (Å²) in [4.78, 5) is 23.6. The van der Waals surface area contributed by atoms with Crippen molar-refractivity contribution in [3.8, 4) is 11.1 Å². The molecule has 6 nitrogen and oxygen atoms in total. The quantitative estimate of drug-likeness (QED) is 0.796. The third-order valence-corrected chi connectivity index (χ3v) is 3.96. The topological polar surface area (TPSA) is 76.6 Å². The summed E-state index contributed by atoms with van der Waals surface area (Å²) in [7, 11) is 0. The van der Waals surface area contributed by atoms with Gasteiger partial charge in [-0.1, -0.05) is 13.0 Å². The fraction of sp³-hybridized carbons (Fsp3) is 0.235. The van der Waals surface area contributed by atoms with E-state index in [2.05, 4.69) is 5.10 Å². The number of nitrogens with zero attached hydrogens (tertiary/aromatic N) is 3. The first-order valence-electron chi connectivity index (χ1n) is 7.50. The van der Waals surface area contributed by atoms with Crippen molar-refractivity contribution in [2.75, 3.05) is 0 Å². The van der Waals surface area contributed by atoms with Crippen LogP contribution in [0, 0.1) is 12.7 Å². The summed E-state index contributed by atoms with van der Waals surface area (Å²) in [5.74, 6) is -1.44.